The number of likely N-dealkylation sites (tertiary alicyclic amines) is 1. The summed E-state index contributed by atoms with van der Waals surface area (Å²) in [5, 5.41) is 0.941. The summed E-state index contributed by atoms with van der Waals surface area (Å²) in [4.78, 5) is 27.7. The molecule has 5 rings (SSSR count). The summed E-state index contributed by atoms with van der Waals surface area (Å²) in [5.41, 5.74) is 1.39. The molecular weight excluding hydrogens is 370 g/mol. The maximum atomic E-state index is 13.1. The number of carbonyl (C=O) groups excluding carboxylic acids is 2. The molecule has 1 atom stereocenters. The third kappa shape index (κ3) is 2.78. The maximum Gasteiger partial charge on any atom is 0.290 e. The fourth-order valence-corrected chi connectivity index (χ4v) is 4.37. The van der Waals surface area contributed by atoms with Crippen LogP contribution in [0.25, 0.3) is 11.0 Å². The van der Waals surface area contributed by atoms with Gasteiger partial charge in [0.1, 0.15) is 22.7 Å². The molecule has 1 saturated heterocycles. The lowest BCUT2D eigenvalue weighted by atomic mass is 9.89. The van der Waals surface area contributed by atoms with E-state index in [4.69, 9.17) is 13.9 Å². The molecule has 1 aromatic heterocycles. The second-order valence-corrected chi connectivity index (χ2v) is 7.78. The molecule has 2 aliphatic heterocycles. The Labute approximate surface area is 168 Å². The standard InChI is InChI=1S/C23H21NO5/c1-14-16-5-3-4-6-19(16)28-21(14)22(26)24-10-9-23(13-24)12-18(25)17-11-15(27-2)7-8-20(17)29-23/h3-8,11H,9-10,12-13H2,1-2H3. The number of rotatable bonds is 2. The lowest BCUT2D eigenvalue weighted by Gasteiger charge is -2.34. The van der Waals surface area contributed by atoms with Crippen molar-refractivity contribution < 1.29 is 23.5 Å². The van der Waals surface area contributed by atoms with Crippen LogP contribution in [0.2, 0.25) is 0 Å². The highest BCUT2D eigenvalue weighted by atomic mass is 16.5. The first kappa shape index (κ1) is 17.8. The fourth-order valence-electron chi connectivity index (χ4n) is 4.37. The van der Waals surface area contributed by atoms with Crippen LogP contribution in [0.3, 0.4) is 0 Å². The van der Waals surface area contributed by atoms with Crippen molar-refractivity contribution in [3.8, 4) is 11.5 Å². The average molecular weight is 391 g/mol. The summed E-state index contributed by atoms with van der Waals surface area (Å²) in [6, 6.07) is 12.9. The Morgan fingerprint density at radius 2 is 2.03 bits per heavy atom. The van der Waals surface area contributed by atoms with E-state index in [-0.39, 0.29) is 18.1 Å². The number of ketones is 1. The Kier molecular flexibility index (Phi) is 3.91. The molecule has 3 aromatic rings. The van der Waals surface area contributed by atoms with Crippen LogP contribution in [0.5, 0.6) is 11.5 Å². The summed E-state index contributed by atoms with van der Waals surface area (Å²) >= 11 is 0. The molecule has 1 spiro atoms. The third-order valence-electron chi connectivity index (χ3n) is 5.94. The number of benzene rings is 2. The van der Waals surface area contributed by atoms with E-state index in [1.807, 2.05) is 31.2 Å². The summed E-state index contributed by atoms with van der Waals surface area (Å²) in [6.07, 6.45) is 0.852. The molecule has 6 heteroatoms. The van der Waals surface area contributed by atoms with E-state index in [0.29, 0.717) is 47.9 Å². The SMILES string of the molecule is COc1ccc2c(c1)C(=O)CC1(CCN(C(=O)c3oc4ccccc4c3C)C1)O2. The van der Waals surface area contributed by atoms with Crippen LogP contribution in [0.1, 0.15) is 39.3 Å². The molecule has 0 aliphatic carbocycles. The molecule has 0 saturated carbocycles. The van der Waals surface area contributed by atoms with Crippen LogP contribution in [-0.4, -0.2) is 42.4 Å². The molecule has 0 bridgehead atoms. The first-order valence-electron chi connectivity index (χ1n) is 9.67. The minimum Gasteiger partial charge on any atom is -0.497 e. The first-order valence-corrected chi connectivity index (χ1v) is 9.67. The molecule has 2 aliphatic rings. The quantitative estimate of drug-likeness (QED) is 0.660. The van der Waals surface area contributed by atoms with Crippen molar-refractivity contribution in [3.63, 3.8) is 0 Å². The molecule has 1 amide bonds. The molecule has 29 heavy (non-hydrogen) atoms. The van der Waals surface area contributed by atoms with E-state index in [2.05, 4.69) is 0 Å². The van der Waals surface area contributed by atoms with Crippen LogP contribution in [0.15, 0.2) is 46.9 Å². The number of methoxy groups -OCH3 is 1. The number of carbonyl (C=O) groups is 2. The van der Waals surface area contributed by atoms with Crippen LogP contribution in [-0.2, 0) is 0 Å². The minimum absolute atomic E-state index is 0.0133. The van der Waals surface area contributed by atoms with Gasteiger partial charge in [0, 0.05) is 23.9 Å². The number of aryl methyl sites for hydroxylation is 1. The van der Waals surface area contributed by atoms with Crippen molar-refractivity contribution in [3.05, 3.63) is 59.4 Å². The van der Waals surface area contributed by atoms with E-state index < -0.39 is 5.60 Å². The van der Waals surface area contributed by atoms with Crippen LogP contribution in [0, 0.1) is 6.92 Å². The van der Waals surface area contributed by atoms with Gasteiger partial charge in [-0.25, -0.2) is 0 Å². The van der Waals surface area contributed by atoms with Gasteiger partial charge < -0.3 is 18.8 Å². The van der Waals surface area contributed by atoms with Crippen molar-refractivity contribution in [2.45, 2.75) is 25.4 Å². The van der Waals surface area contributed by atoms with Gasteiger partial charge in [-0.15, -0.1) is 0 Å². The maximum absolute atomic E-state index is 13.1. The molecule has 1 unspecified atom stereocenters. The zero-order chi connectivity index (χ0) is 20.2. The van der Waals surface area contributed by atoms with Crippen molar-refractivity contribution >= 4 is 22.7 Å². The van der Waals surface area contributed by atoms with Crippen LogP contribution < -0.4 is 9.47 Å². The summed E-state index contributed by atoms with van der Waals surface area (Å²) in [7, 11) is 1.57. The number of para-hydroxylation sites is 1. The van der Waals surface area contributed by atoms with Crippen molar-refractivity contribution in [2.24, 2.45) is 0 Å². The number of nitrogens with zero attached hydrogens (tertiary/aromatic N) is 1. The summed E-state index contributed by atoms with van der Waals surface area (Å²) < 4.78 is 17.3. The van der Waals surface area contributed by atoms with Crippen molar-refractivity contribution in [1.29, 1.82) is 0 Å². The van der Waals surface area contributed by atoms with Crippen molar-refractivity contribution in [2.75, 3.05) is 20.2 Å². The number of hydrogen-bond donors (Lipinski definition) is 0. The molecule has 0 N–H and O–H groups in total. The zero-order valence-electron chi connectivity index (χ0n) is 16.4. The van der Waals surface area contributed by atoms with E-state index in [0.717, 1.165) is 10.9 Å². The van der Waals surface area contributed by atoms with Gasteiger partial charge in [0.2, 0.25) is 0 Å². The van der Waals surface area contributed by atoms with E-state index in [1.54, 1.807) is 30.2 Å². The number of fused-ring (bicyclic) bond motifs is 2. The molecular formula is C23H21NO5. The summed E-state index contributed by atoms with van der Waals surface area (Å²) in [6.45, 7) is 2.78. The molecule has 0 radical (unpaired) electrons. The number of furan rings is 1. The van der Waals surface area contributed by atoms with Gasteiger partial charge in [-0.05, 0) is 31.2 Å². The Hall–Kier alpha value is -3.28. The first-order chi connectivity index (χ1) is 14.0. The van der Waals surface area contributed by atoms with E-state index in [9.17, 15) is 9.59 Å². The second-order valence-electron chi connectivity index (χ2n) is 7.78. The Balaban J connectivity index is 1.41. The topological polar surface area (TPSA) is 69.0 Å². The smallest absolute Gasteiger partial charge is 0.290 e. The van der Waals surface area contributed by atoms with Crippen molar-refractivity contribution in [1.82, 2.24) is 4.90 Å². The Morgan fingerprint density at radius 3 is 2.83 bits per heavy atom. The predicted molar refractivity (Wildman–Crippen MR) is 107 cm³/mol. The number of ether oxygens (including phenoxy) is 2. The molecule has 2 aromatic carbocycles. The van der Waals surface area contributed by atoms with Gasteiger partial charge in [0.25, 0.3) is 5.91 Å². The highest BCUT2D eigenvalue weighted by Crippen LogP contribution is 2.40. The largest absolute Gasteiger partial charge is 0.497 e. The number of amides is 1. The molecule has 148 valence electrons. The van der Waals surface area contributed by atoms with Gasteiger partial charge in [-0.1, -0.05) is 18.2 Å². The molecule has 6 nitrogen and oxygen atoms in total. The highest BCUT2D eigenvalue weighted by Gasteiger charge is 2.47. The second kappa shape index (κ2) is 6.37. The number of hydrogen-bond acceptors (Lipinski definition) is 5. The van der Waals surface area contributed by atoms with Crippen LogP contribution in [0.4, 0.5) is 0 Å². The summed E-state index contributed by atoms with van der Waals surface area (Å²) in [5.74, 6) is 1.39. The lowest BCUT2D eigenvalue weighted by Crippen LogP contribution is -2.45. The monoisotopic (exact) mass is 391 g/mol. The minimum atomic E-state index is -0.686. The van der Waals surface area contributed by atoms with Gasteiger partial charge in [0.15, 0.2) is 11.5 Å². The predicted octanol–water partition coefficient (Wildman–Crippen LogP) is 4.00. The van der Waals surface area contributed by atoms with Crippen LogP contribution >= 0.6 is 0 Å². The van der Waals surface area contributed by atoms with E-state index in [1.165, 1.54) is 0 Å². The molecule has 3 heterocycles. The Bertz CT molecular complexity index is 1150. The average Bonchev–Trinajstić information content (AvgIpc) is 3.29. The van der Waals surface area contributed by atoms with Gasteiger partial charge in [0.05, 0.1) is 25.6 Å². The highest BCUT2D eigenvalue weighted by molar-refractivity contribution is 6.01. The fraction of sp³-hybridized carbons (Fsp3) is 0.304. The zero-order valence-corrected chi connectivity index (χ0v) is 16.4. The normalized spacial score (nSPS) is 20.8. The third-order valence-corrected chi connectivity index (χ3v) is 5.94. The van der Waals surface area contributed by atoms with E-state index >= 15 is 0 Å². The van der Waals surface area contributed by atoms with Gasteiger partial charge >= 0.3 is 0 Å². The lowest BCUT2D eigenvalue weighted by molar-refractivity contribution is 0.0421. The molecule has 1 fully saturated rings. The van der Waals surface area contributed by atoms with Gasteiger partial charge in [-0.3, -0.25) is 9.59 Å². The van der Waals surface area contributed by atoms with Gasteiger partial charge in [-0.2, -0.15) is 0 Å². The number of Topliss-reactive ketones (excluding diaryl/α,β-unsaturated/α-hetero) is 1. The Morgan fingerprint density at radius 1 is 1.21 bits per heavy atom.